The van der Waals surface area contributed by atoms with Crippen LogP contribution < -0.4 is 5.32 Å². The minimum atomic E-state index is -0.415. The van der Waals surface area contributed by atoms with Crippen molar-refractivity contribution in [1.82, 2.24) is 19.7 Å². The van der Waals surface area contributed by atoms with Crippen molar-refractivity contribution in [2.45, 2.75) is 36.7 Å². The van der Waals surface area contributed by atoms with E-state index in [1.54, 1.807) is 18.2 Å². The molecule has 1 N–H and O–H groups in total. The number of carbonyl (C=O) groups is 1. The molecule has 0 radical (unpaired) electrons. The van der Waals surface area contributed by atoms with Gasteiger partial charge in [0.05, 0.1) is 22.5 Å². The summed E-state index contributed by atoms with van der Waals surface area (Å²) in [6.45, 7) is 4.72. The summed E-state index contributed by atoms with van der Waals surface area (Å²) in [5.74, 6) is 0.693. The second-order valence-corrected chi connectivity index (χ2v) is 9.58. The van der Waals surface area contributed by atoms with Crippen LogP contribution in [-0.2, 0) is 11.3 Å². The third-order valence-corrected chi connectivity index (χ3v) is 6.72. The van der Waals surface area contributed by atoms with E-state index in [9.17, 15) is 4.79 Å². The summed E-state index contributed by atoms with van der Waals surface area (Å²) in [5, 5.41) is 12.9. The van der Waals surface area contributed by atoms with E-state index in [1.165, 1.54) is 24.6 Å². The van der Waals surface area contributed by atoms with E-state index < -0.39 is 5.25 Å². The Kier molecular flexibility index (Phi) is 7.17. The van der Waals surface area contributed by atoms with Crippen molar-refractivity contribution in [2.24, 2.45) is 0 Å². The molecule has 1 saturated heterocycles. The second kappa shape index (κ2) is 10.0. The number of nitrogens with one attached hydrogen (secondary N) is 1. The summed E-state index contributed by atoms with van der Waals surface area (Å²) in [6, 6.07) is 15.0. The van der Waals surface area contributed by atoms with Gasteiger partial charge in [-0.2, -0.15) is 0 Å². The molecule has 0 spiro atoms. The summed E-state index contributed by atoms with van der Waals surface area (Å²) in [7, 11) is 0. The number of halogens is 2. The fourth-order valence-corrected chi connectivity index (χ4v) is 4.72. The standard InChI is InChI=1S/C22H23Cl2N5OS/c1-15(21(30)25-19-13-16(23)9-10-18(19)24)31-22-27-26-20(14-28-11-5-6-12-28)29(22)17-7-3-2-4-8-17/h2-4,7-10,13,15H,5-6,11-12,14H2,1H3,(H,25,30)/t15-/m1/s1. The average Bonchev–Trinajstić information content (AvgIpc) is 3.41. The molecule has 1 fully saturated rings. The van der Waals surface area contributed by atoms with Crippen molar-refractivity contribution < 1.29 is 4.79 Å². The van der Waals surface area contributed by atoms with Crippen molar-refractivity contribution >= 4 is 46.6 Å². The molecule has 0 aliphatic carbocycles. The van der Waals surface area contributed by atoms with Crippen LogP contribution in [0, 0.1) is 0 Å². The van der Waals surface area contributed by atoms with Gasteiger partial charge >= 0.3 is 0 Å². The summed E-state index contributed by atoms with van der Waals surface area (Å²) in [5.41, 5.74) is 1.47. The minimum absolute atomic E-state index is 0.183. The number of likely N-dealkylation sites (tertiary alicyclic amines) is 1. The first kappa shape index (κ1) is 22.1. The number of hydrogen-bond donors (Lipinski definition) is 1. The van der Waals surface area contributed by atoms with Crippen LogP contribution in [0.2, 0.25) is 10.0 Å². The molecule has 2 heterocycles. The van der Waals surface area contributed by atoms with E-state index in [0.29, 0.717) is 20.9 Å². The smallest absolute Gasteiger partial charge is 0.237 e. The van der Waals surface area contributed by atoms with E-state index in [2.05, 4.69) is 20.4 Å². The van der Waals surface area contributed by atoms with Crippen molar-refractivity contribution in [3.05, 3.63) is 64.4 Å². The van der Waals surface area contributed by atoms with E-state index in [-0.39, 0.29) is 5.91 Å². The summed E-state index contributed by atoms with van der Waals surface area (Å²) in [4.78, 5) is 15.2. The molecule has 0 unspecified atom stereocenters. The number of amides is 1. The van der Waals surface area contributed by atoms with Gasteiger partial charge in [-0.05, 0) is 63.2 Å². The van der Waals surface area contributed by atoms with Gasteiger partial charge in [-0.3, -0.25) is 14.3 Å². The Balaban J connectivity index is 1.55. The lowest BCUT2D eigenvalue weighted by molar-refractivity contribution is -0.115. The molecular formula is C22H23Cl2N5OS. The first-order valence-electron chi connectivity index (χ1n) is 10.2. The van der Waals surface area contributed by atoms with Gasteiger partial charge in [0, 0.05) is 10.7 Å². The number of benzene rings is 2. The molecule has 6 nitrogen and oxygen atoms in total. The second-order valence-electron chi connectivity index (χ2n) is 7.43. The van der Waals surface area contributed by atoms with Crippen molar-refractivity contribution in [3.8, 4) is 5.69 Å². The van der Waals surface area contributed by atoms with Crippen LogP contribution in [0.15, 0.2) is 53.7 Å². The van der Waals surface area contributed by atoms with E-state index >= 15 is 0 Å². The molecule has 31 heavy (non-hydrogen) atoms. The Morgan fingerprint density at radius 1 is 1.13 bits per heavy atom. The normalized spacial score (nSPS) is 15.2. The third kappa shape index (κ3) is 5.41. The summed E-state index contributed by atoms with van der Waals surface area (Å²) < 4.78 is 2.04. The van der Waals surface area contributed by atoms with Crippen LogP contribution in [0.4, 0.5) is 5.69 Å². The Morgan fingerprint density at radius 3 is 2.61 bits per heavy atom. The third-order valence-electron chi connectivity index (χ3n) is 5.12. The average molecular weight is 476 g/mol. The van der Waals surface area contributed by atoms with Crippen LogP contribution in [0.3, 0.4) is 0 Å². The molecule has 162 valence electrons. The maximum Gasteiger partial charge on any atom is 0.237 e. The zero-order valence-electron chi connectivity index (χ0n) is 17.1. The van der Waals surface area contributed by atoms with Gasteiger partial charge in [0.1, 0.15) is 0 Å². The van der Waals surface area contributed by atoms with Crippen LogP contribution in [-0.4, -0.2) is 43.9 Å². The number of hydrogen-bond acceptors (Lipinski definition) is 5. The number of thioether (sulfide) groups is 1. The molecule has 1 aromatic heterocycles. The Hall–Kier alpha value is -2.06. The monoisotopic (exact) mass is 475 g/mol. The van der Waals surface area contributed by atoms with Gasteiger partial charge in [-0.1, -0.05) is 53.2 Å². The number of aromatic nitrogens is 3. The number of anilines is 1. The zero-order valence-corrected chi connectivity index (χ0v) is 19.4. The van der Waals surface area contributed by atoms with Crippen molar-refractivity contribution in [1.29, 1.82) is 0 Å². The Bertz CT molecular complexity index is 1050. The zero-order chi connectivity index (χ0) is 21.8. The summed E-state index contributed by atoms with van der Waals surface area (Å²) in [6.07, 6.45) is 2.43. The number of nitrogens with zero attached hydrogens (tertiary/aromatic N) is 4. The lowest BCUT2D eigenvalue weighted by Gasteiger charge is -2.17. The molecule has 1 amide bonds. The molecule has 2 aromatic carbocycles. The molecule has 1 atom stereocenters. The van der Waals surface area contributed by atoms with Gasteiger partial charge in [-0.25, -0.2) is 0 Å². The predicted molar refractivity (Wildman–Crippen MR) is 126 cm³/mol. The van der Waals surface area contributed by atoms with Gasteiger partial charge in [-0.15, -0.1) is 10.2 Å². The Morgan fingerprint density at radius 2 is 1.87 bits per heavy atom. The molecule has 3 aromatic rings. The quantitative estimate of drug-likeness (QED) is 0.470. The van der Waals surface area contributed by atoms with Gasteiger partial charge in [0.15, 0.2) is 11.0 Å². The minimum Gasteiger partial charge on any atom is -0.324 e. The topological polar surface area (TPSA) is 63.1 Å². The Labute approximate surface area is 195 Å². The molecule has 9 heteroatoms. The molecule has 4 rings (SSSR count). The highest BCUT2D eigenvalue weighted by molar-refractivity contribution is 8.00. The van der Waals surface area contributed by atoms with Crippen molar-refractivity contribution in [2.75, 3.05) is 18.4 Å². The molecule has 0 saturated carbocycles. The maximum absolute atomic E-state index is 12.8. The predicted octanol–water partition coefficient (Wildman–Crippen LogP) is 5.29. The fraction of sp³-hybridized carbons (Fsp3) is 0.318. The number of carbonyl (C=O) groups excluding carboxylic acids is 1. The highest BCUT2D eigenvalue weighted by Crippen LogP contribution is 2.29. The van der Waals surface area contributed by atoms with E-state index in [1.807, 2.05) is 41.8 Å². The molecular weight excluding hydrogens is 453 g/mol. The highest BCUT2D eigenvalue weighted by atomic mass is 35.5. The first-order valence-corrected chi connectivity index (χ1v) is 11.8. The molecule has 1 aliphatic heterocycles. The van der Waals surface area contributed by atoms with Gasteiger partial charge in [0.2, 0.25) is 5.91 Å². The van der Waals surface area contributed by atoms with Crippen LogP contribution in [0.5, 0.6) is 0 Å². The van der Waals surface area contributed by atoms with Crippen molar-refractivity contribution in [3.63, 3.8) is 0 Å². The van der Waals surface area contributed by atoms with Gasteiger partial charge in [0.25, 0.3) is 0 Å². The number of para-hydroxylation sites is 1. The van der Waals surface area contributed by atoms with Crippen LogP contribution in [0.25, 0.3) is 5.69 Å². The lowest BCUT2D eigenvalue weighted by Crippen LogP contribution is -2.23. The van der Waals surface area contributed by atoms with Crippen LogP contribution in [0.1, 0.15) is 25.6 Å². The SMILES string of the molecule is C[C@@H](Sc1nnc(CN2CCCC2)n1-c1ccccc1)C(=O)Nc1cc(Cl)ccc1Cl. The van der Waals surface area contributed by atoms with E-state index in [0.717, 1.165) is 31.1 Å². The van der Waals surface area contributed by atoms with E-state index in [4.69, 9.17) is 23.2 Å². The first-order chi connectivity index (χ1) is 15.0. The highest BCUT2D eigenvalue weighted by Gasteiger charge is 2.23. The largest absolute Gasteiger partial charge is 0.324 e. The molecule has 0 bridgehead atoms. The molecule has 1 aliphatic rings. The lowest BCUT2D eigenvalue weighted by atomic mass is 10.3. The van der Waals surface area contributed by atoms with Crippen LogP contribution >= 0.6 is 35.0 Å². The number of rotatable bonds is 7. The van der Waals surface area contributed by atoms with Gasteiger partial charge < -0.3 is 5.32 Å². The fourth-order valence-electron chi connectivity index (χ4n) is 3.50. The maximum atomic E-state index is 12.8. The summed E-state index contributed by atoms with van der Waals surface area (Å²) >= 11 is 13.6.